The Kier molecular flexibility index (Phi) is 2.12. The molecule has 4 nitrogen and oxygen atoms in total. The predicted molar refractivity (Wildman–Crippen MR) is 76.0 cm³/mol. The Morgan fingerprint density at radius 1 is 1.53 bits per heavy atom. The maximum Gasteiger partial charge on any atom is 0.124 e. The molecule has 0 bridgehead atoms. The molecule has 2 rings (SSSR count). The van der Waals surface area contributed by atoms with Gasteiger partial charge in [0.1, 0.15) is 6.08 Å². The zero-order chi connectivity index (χ0) is 21.4. The molecule has 0 spiro atoms. The summed E-state index contributed by atoms with van der Waals surface area (Å²) in [5, 5.41) is 3.98. The van der Waals surface area contributed by atoms with E-state index < -0.39 is 43.3 Å². The molecule has 1 aromatic heterocycles. The van der Waals surface area contributed by atoms with Crippen molar-refractivity contribution in [2.75, 3.05) is 27.2 Å². The second-order valence-electron chi connectivity index (χ2n) is 3.94. The van der Waals surface area contributed by atoms with Gasteiger partial charge in [0.25, 0.3) is 0 Å². The van der Waals surface area contributed by atoms with Crippen molar-refractivity contribution in [1.82, 2.24) is 14.7 Å². The van der Waals surface area contributed by atoms with Crippen LogP contribution in [0.4, 0.5) is 0 Å². The molecule has 0 aliphatic heterocycles. The number of aromatic nitrogens is 2. The van der Waals surface area contributed by atoms with E-state index in [-0.39, 0.29) is 24.4 Å². The van der Waals surface area contributed by atoms with Gasteiger partial charge >= 0.3 is 0 Å². The zero-order valence-corrected chi connectivity index (χ0v) is 10.8. The van der Waals surface area contributed by atoms with Crippen molar-refractivity contribution in [3.8, 4) is 0 Å². The van der Waals surface area contributed by atoms with Crippen LogP contribution in [-0.2, 0) is 11.8 Å². The zero-order valence-electron chi connectivity index (χ0n) is 19.8. The first-order valence-electron chi connectivity index (χ1n) is 10.2. The van der Waals surface area contributed by atoms with Crippen LogP contribution in [0.5, 0.6) is 0 Å². The van der Waals surface area contributed by atoms with Gasteiger partial charge in [0, 0.05) is 23.9 Å². The van der Waals surface area contributed by atoms with E-state index in [1.165, 1.54) is 31.0 Å². The second kappa shape index (κ2) is 6.50. The van der Waals surface area contributed by atoms with Gasteiger partial charge in [0.15, 0.2) is 0 Å². The lowest BCUT2D eigenvalue weighted by atomic mass is 10.1. The topological polar surface area (TPSA) is 30.3 Å². The number of likely N-dealkylation sites (N-methyl/N-ethyl adjacent to an activating group) is 1. The van der Waals surface area contributed by atoms with Gasteiger partial charge in [0.05, 0.1) is 20.5 Å². The van der Waals surface area contributed by atoms with Crippen molar-refractivity contribution in [3.05, 3.63) is 53.7 Å². The molecule has 2 aromatic rings. The molecule has 19 heavy (non-hydrogen) atoms. The van der Waals surface area contributed by atoms with E-state index in [2.05, 4.69) is 5.10 Å². The third-order valence-corrected chi connectivity index (χ3v) is 2.45. The molecule has 1 atom stereocenters. The quantitative estimate of drug-likeness (QED) is 0.803. The summed E-state index contributed by atoms with van der Waals surface area (Å²) in [6.45, 7) is -2.64. The highest BCUT2D eigenvalue weighted by atomic mass is 16.5. The standard InChI is InChI=1S/C15H21N3O/c1-17(2)11-12-19-15(13-7-5-4-6-8-13)14-9-10-16-18(14)3/h4-10,15H,11-12H2,1-3H3/i1D3,4D,5D,6D,7D,8D,15D. The van der Waals surface area contributed by atoms with Gasteiger partial charge in [-0.1, -0.05) is 30.2 Å². The van der Waals surface area contributed by atoms with Crippen molar-refractivity contribution in [2.45, 2.75) is 6.08 Å². The average molecular weight is 268 g/mol. The van der Waals surface area contributed by atoms with Crippen LogP contribution in [0.25, 0.3) is 0 Å². The number of hydrogen-bond donors (Lipinski definition) is 0. The number of rotatable bonds is 6. The lowest BCUT2D eigenvalue weighted by Gasteiger charge is -2.20. The minimum Gasteiger partial charge on any atom is -0.366 e. The smallest absolute Gasteiger partial charge is 0.124 e. The number of hydrogen-bond acceptors (Lipinski definition) is 3. The van der Waals surface area contributed by atoms with Gasteiger partial charge in [-0.3, -0.25) is 4.68 Å². The maximum atomic E-state index is 8.90. The van der Waals surface area contributed by atoms with Crippen molar-refractivity contribution >= 4 is 0 Å². The molecule has 0 radical (unpaired) electrons. The highest BCUT2D eigenvalue weighted by Crippen LogP contribution is 2.25. The van der Waals surface area contributed by atoms with E-state index in [4.69, 9.17) is 17.1 Å². The monoisotopic (exact) mass is 268 g/mol. The minimum absolute atomic E-state index is 0.0619. The van der Waals surface area contributed by atoms with Crippen LogP contribution < -0.4 is 0 Å². The molecule has 4 heteroatoms. The lowest BCUT2D eigenvalue weighted by molar-refractivity contribution is 0.0638. The van der Waals surface area contributed by atoms with Gasteiger partial charge in [-0.15, -0.1) is 0 Å². The van der Waals surface area contributed by atoms with Crippen molar-refractivity contribution in [1.29, 1.82) is 0 Å². The second-order valence-corrected chi connectivity index (χ2v) is 3.94. The summed E-state index contributed by atoms with van der Waals surface area (Å²) < 4.78 is 77.8. The van der Waals surface area contributed by atoms with Crippen LogP contribution in [0, 0.1) is 0 Å². The first-order chi connectivity index (χ1) is 12.8. The molecule has 0 aliphatic rings. The third-order valence-electron chi connectivity index (χ3n) is 2.45. The Morgan fingerprint density at radius 2 is 2.32 bits per heavy atom. The van der Waals surface area contributed by atoms with Crippen molar-refractivity contribution in [3.63, 3.8) is 0 Å². The molecule has 1 aromatic carbocycles. The summed E-state index contributed by atoms with van der Waals surface area (Å²) >= 11 is 0. The van der Waals surface area contributed by atoms with Crippen LogP contribution in [0.2, 0.25) is 0 Å². The number of ether oxygens (including phenoxy) is 1. The van der Waals surface area contributed by atoms with Gasteiger partial charge in [-0.25, -0.2) is 0 Å². The normalized spacial score (nSPS) is 21.9. The van der Waals surface area contributed by atoms with E-state index in [1.807, 2.05) is 0 Å². The van der Waals surface area contributed by atoms with Crippen LogP contribution in [0.15, 0.2) is 42.5 Å². The van der Waals surface area contributed by atoms with Gasteiger partial charge in [0.2, 0.25) is 0 Å². The fraction of sp³-hybridized carbons (Fsp3) is 0.400. The Hall–Kier alpha value is -1.65. The highest BCUT2D eigenvalue weighted by Gasteiger charge is 2.17. The molecule has 0 aliphatic carbocycles. The first kappa shape index (κ1) is 6.20. The molecular weight excluding hydrogens is 238 g/mol. The van der Waals surface area contributed by atoms with E-state index in [1.54, 1.807) is 0 Å². The lowest BCUT2D eigenvalue weighted by Crippen LogP contribution is -2.20. The predicted octanol–water partition coefficient (Wildman–Crippen LogP) is 2.09. The summed E-state index contributed by atoms with van der Waals surface area (Å²) in [6, 6.07) is -1.43. The van der Waals surface area contributed by atoms with Crippen LogP contribution >= 0.6 is 0 Å². The SMILES string of the molecule is [2H]c1c([2H])c([2H])c(C([2H])(OCCN(C)C([2H])([2H])[2H])c2ccnn2C)c([2H])c1[2H]. The van der Waals surface area contributed by atoms with E-state index in [9.17, 15) is 0 Å². The van der Waals surface area contributed by atoms with E-state index in [0.29, 0.717) is 0 Å². The Balaban J connectivity index is 2.55. The fourth-order valence-electron chi connectivity index (χ4n) is 1.52. The molecule has 0 N–H and O–H groups in total. The minimum atomic E-state index is -2.35. The number of nitrogens with zero attached hydrogens (tertiary/aromatic N) is 3. The molecular formula is C15H21N3O. The molecule has 0 saturated carbocycles. The van der Waals surface area contributed by atoms with Gasteiger partial charge in [-0.05, 0) is 25.7 Å². The molecule has 1 heterocycles. The summed E-state index contributed by atoms with van der Waals surface area (Å²) in [5.41, 5.74) is -0.221. The molecule has 0 amide bonds. The number of benzene rings is 1. The number of aryl methyl sites for hydroxylation is 1. The van der Waals surface area contributed by atoms with E-state index in [0.717, 1.165) is 4.90 Å². The average Bonchev–Trinajstić information content (AvgIpc) is 3.04. The van der Waals surface area contributed by atoms with Crippen molar-refractivity contribution < 1.29 is 17.1 Å². The maximum absolute atomic E-state index is 8.90. The summed E-state index contributed by atoms with van der Waals surface area (Å²) in [4.78, 5) is 1.05. The fourth-order valence-corrected chi connectivity index (χ4v) is 1.52. The summed E-state index contributed by atoms with van der Waals surface area (Å²) in [6.07, 6.45) is -0.792. The van der Waals surface area contributed by atoms with Gasteiger partial charge < -0.3 is 9.64 Å². The third kappa shape index (κ3) is 3.66. The van der Waals surface area contributed by atoms with Crippen LogP contribution in [-0.4, -0.2) is 41.9 Å². The molecule has 0 fully saturated rings. The van der Waals surface area contributed by atoms with E-state index >= 15 is 0 Å². The van der Waals surface area contributed by atoms with Gasteiger partial charge in [-0.2, -0.15) is 5.10 Å². The Labute approximate surface area is 127 Å². The summed E-state index contributed by atoms with van der Waals surface area (Å²) in [7, 11) is 2.91. The highest BCUT2D eigenvalue weighted by molar-refractivity contribution is 5.25. The van der Waals surface area contributed by atoms with Crippen LogP contribution in [0.3, 0.4) is 0 Å². The molecule has 0 saturated heterocycles. The first-order valence-corrected chi connectivity index (χ1v) is 5.73. The molecule has 1 unspecified atom stereocenters. The van der Waals surface area contributed by atoms with Crippen molar-refractivity contribution in [2.24, 2.45) is 7.05 Å². The Bertz CT molecular complexity index is 838. The molecule has 102 valence electrons. The Morgan fingerprint density at radius 3 is 2.95 bits per heavy atom. The largest absolute Gasteiger partial charge is 0.366 e. The summed E-state index contributed by atoms with van der Waals surface area (Å²) in [5.74, 6) is 0. The van der Waals surface area contributed by atoms with Crippen LogP contribution in [0.1, 0.15) is 29.7 Å².